The number of hydrogen-bond donors (Lipinski definition) is 0. The first-order valence-electron chi connectivity index (χ1n) is 5.66. The van der Waals surface area contributed by atoms with Gasteiger partial charge in [0, 0.05) is 4.83 Å². The zero-order valence-electron chi connectivity index (χ0n) is 9.08. The quantitative estimate of drug-likeness (QED) is 0.750. The Kier molecular flexibility index (Phi) is 3.68. The molecule has 0 N–H and O–H groups in total. The molecular formula is C13H17BrO. The van der Waals surface area contributed by atoms with Crippen molar-refractivity contribution in [1.29, 1.82) is 0 Å². The first kappa shape index (κ1) is 11.0. The number of rotatable bonds is 3. The molecule has 1 fully saturated rings. The van der Waals surface area contributed by atoms with Crippen molar-refractivity contribution < 1.29 is 4.74 Å². The van der Waals surface area contributed by atoms with Crippen LogP contribution in [0.2, 0.25) is 0 Å². The van der Waals surface area contributed by atoms with Gasteiger partial charge in [-0.3, -0.25) is 0 Å². The van der Waals surface area contributed by atoms with Crippen LogP contribution in [-0.4, -0.2) is 11.4 Å². The predicted molar refractivity (Wildman–Crippen MR) is 66.9 cm³/mol. The van der Waals surface area contributed by atoms with Crippen LogP contribution in [0.5, 0.6) is 5.75 Å². The van der Waals surface area contributed by atoms with Crippen LogP contribution in [0.3, 0.4) is 0 Å². The topological polar surface area (TPSA) is 9.23 Å². The summed E-state index contributed by atoms with van der Waals surface area (Å²) < 4.78 is 5.52. The molecule has 1 saturated carbocycles. The van der Waals surface area contributed by atoms with E-state index >= 15 is 0 Å². The molecule has 0 radical (unpaired) electrons. The molecule has 0 heterocycles. The summed E-state index contributed by atoms with van der Waals surface area (Å²) in [5.41, 5.74) is 1.43. The van der Waals surface area contributed by atoms with Gasteiger partial charge in [0.05, 0.1) is 6.61 Å². The Bertz CT molecular complexity index is 324. The summed E-state index contributed by atoms with van der Waals surface area (Å²) in [5, 5.41) is 0. The average molecular weight is 269 g/mol. The zero-order chi connectivity index (χ0) is 10.7. The number of halogens is 1. The van der Waals surface area contributed by atoms with Crippen molar-refractivity contribution in [3.8, 4) is 5.75 Å². The van der Waals surface area contributed by atoms with E-state index in [-0.39, 0.29) is 0 Å². The highest BCUT2D eigenvalue weighted by Crippen LogP contribution is 2.38. The lowest BCUT2D eigenvalue weighted by molar-refractivity contribution is 0.339. The Morgan fingerprint density at radius 1 is 1.40 bits per heavy atom. The molecule has 0 aliphatic heterocycles. The molecule has 2 heteroatoms. The first-order chi connectivity index (χ1) is 7.29. The molecule has 1 nitrogen and oxygen atoms in total. The number of benzene rings is 1. The number of alkyl halides is 1. The van der Waals surface area contributed by atoms with Gasteiger partial charge in [-0.2, -0.15) is 0 Å². The van der Waals surface area contributed by atoms with Crippen LogP contribution in [0.1, 0.15) is 37.7 Å². The molecule has 0 amide bonds. The van der Waals surface area contributed by atoms with E-state index in [2.05, 4.69) is 34.1 Å². The molecule has 82 valence electrons. The molecular weight excluding hydrogens is 252 g/mol. The number of ether oxygens (including phenoxy) is 1. The van der Waals surface area contributed by atoms with Crippen LogP contribution >= 0.6 is 15.9 Å². The largest absolute Gasteiger partial charge is 0.494 e. The normalized spacial score (nSPS) is 25.5. The van der Waals surface area contributed by atoms with E-state index in [0.29, 0.717) is 4.83 Å². The van der Waals surface area contributed by atoms with Gasteiger partial charge in [0.2, 0.25) is 0 Å². The molecule has 0 bridgehead atoms. The number of hydrogen-bond acceptors (Lipinski definition) is 1. The van der Waals surface area contributed by atoms with Gasteiger partial charge in [-0.15, -0.1) is 0 Å². The van der Waals surface area contributed by atoms with E-state index in [9.17, 15) is 0 Å². The van der Waals surface area contributed by atoms with Crippen molar-refractivity contribution in [3.63, 3.8) is 0 Å². The molecule has 2 rings (SSSR count). The van der Waals surface area contributed by atoms with E-state index in [0.717, 1.165) is 18.3 Å². The SMILES string of the molecule is CCOc1cccc(C2CCC(Br)C2)c1. The van der Waals surface area contributed by atoms with Gasteiger partial charge in [-0.05, 0) is 49.8 Å². The van der Waals surface area contributed by atoms with Crippen LogP contribution in [0.4, 0.5) is 0 Å². The van der Waals surface area contributed by atoms with Crippen molar-refractivity contribution in [1.82, 2.24) is 0 Å². The molecule has 0 spiro atoms. The van der Waals surface area contributed by atoms with E-state index in [1.165, 1.54) is 24.8 Å². The fraction of sp³-hybridized carbons (Fsp3) is 0.538. The lowest BCUT2D eigenvalue weighted by atomic mass is 9.98. The first-order valence-corrected chi connectivity index (χ1v) is 6.58. The minimum Gasteiger partial charge on any atom is -0.494 e. The summed E-state index contributed by atoms with van der Waals surface area (Å²) in [6.45, 7) is 2.77. The van der Waals surface area contributed by atoms with Gasteiger partial charge in [0.25, 0.3) is 0 Å². The van der Waals surface area contributed by atoms with E-state index in [1.807, 2.05) is 13.0 Å². The van der Waals surface area contributed by atoms with Crippen molar-refractivity contribution in [3.05, 3.63) is 29.8 Å². The third-order valence-corrected chi connectivity index (χ3v) is 3.84. The Labute approximate surface area is 100.0 Å². The van der Waals surface area contributed by atoms with Crippen molar-refractivity contribution >= 4 is 15.9 Å². The molecule has 1 aliphatic carbocycles. The fourth-order valence-corrected chi connectivity index (χ4v) is 2.97. The summed E-state index contributed by atoms with van der Waals surface area (Å²) >= 11 is 3.69. The second-order valence-electron chi connectivity index (χ2n) is 4.11. The van der Waals surface area contributed by atoms with Crippen molar-refractivity contribution in [2.45, 2.75) is 36.9 Å². The van der Waals surface area contributed by atoms with Gasteiger partial charge in [-0.25, -0.2) is 0 Å². The Morgan fingerprint density at radius 3 is 2.93 bits per heavy atom. The summed E-state index contributed by atoms with van der Waals surface area (Å²) in [7, 11) is 0. The minimum absolute atomic E-state index is 0.707. The highest BCUT2D eigenvalue weighted by Gasteiger charge is 2.23. The Balaban J connectivity index is 2.10. The summed E-state index contributed by atoms with van der Waals surface area (Å²) in [4.78, 5) is 0.707. The Hall–Kier alpha value is -0.500. The van der Waals surface area contributed by atoms with Crippen LogP contribution in [-0.2, 0) is 0 Å². The molecule has 1 aliphatic rings. The van der Waals surface area contributed by atoms with E-state index in [4.69, 9.17) is 4.74 Å². The zero-order valence-corrected chi connectivity index (χ0v) is 10.7. The van der Waals surface area contributed by atoms with Crippen molar-refractivity contribution in [2.75, 3.05) is 6.61 Å². The maximum atomic E-state index is 5.52. The molecule has 2 unspecified atom stereocenters. The third-order valence-electron chi connectivity index (χ3n) is 3.01. The monoisotopic (exact) mass is 268 g/mol. The maximum Gasteiger partial charge on any atom is 0.119 e. The summed E-state index contributed by atoms with van der Waals surface area (Å²) in [6, 6.07) is 8.55. The lowest BCUT2D eigenvalue weighted by Crippen LogP contribution is -1.96. The van der Waals surface area contributed by atoms with Gasteiger partial charge in [-0.1, -0.05) is 28.1 Å². The fourth-order valence-electron chi connectivity index (χ4n) is 2.25. The van der Waals surface area contributed by atoms with E-state index < -0.39 is 0 Å². The second-order valence-corrected chi connectivity index (χ2v) is 5.41. The molecule has 0 aromatic heterocycles. The van der Waals surface area contributed by atoms with Crippen LogP contribution in [0, 0.1) is 0 Å². The van der Waals surface area contributed by atoms with Crippen LogP contribution in [0.25, 0.3) is 0 Å². The van der Waals surface area contributed by atoms with Gasteiger partial charge in [0.15, 0.2) is 0 Å². The predicted octanol–water partition coefficient (Wildman–Crippen LogP) is 4.12. The molecule has 0 saturated heterocycles. The second kappa shape index (κ2) is 5.02. The van der Waals surface area contributed by atoms with Crippen molar-refractivity contribution in [2.24, 2.45) is 0 Å². The molecule has 1 aromatic carbocycles. The van der Waals surface area contributed by atoms with Gasteiger partial charge >= 0.3 is 0 Å². The third kappa shape index (κ3) is 2.75. The Morgan fingerprint density at radius 2 is 2.27 bits per heavy atom. The van der Waals surface area contributed by atoms with E-state index in [1.54, 1.807) is 0 Å². The lowest BCUT2D eigenvalue weighted by Gasteiger charge is -2.11. The standard InChI is InChI=1S/C13H17BrO/c1-2-15-13-5-3-4-10(9-13)11-6-7-12(14)8-11/h3-5,9,11-12H,2,6-8H2,1H3. The maximum absolute atomic E-state index is 5.52. The smallest absolute Gasteiger partial charge is 0.119 e. The van der Waals surface area contributed by atoms with Crippen LogP contribution < -0.4 is 4.74 Å². The van der Waals surface area contributed by atoms with Gasteiger partial charge < -0.3 is 4.74 Å². The minimum atomic E-state index is 0.707. The summed E-state index contributed by atoms with van der Waals surface area (Å²) in [6.07, 6.45) is 3.85. The average Bonchev–Trinajstić information content (AvgIpc) is 2.66. The summed E-state index contributed by atoms with van der Waals surface area (Å²) in [5.74, 6) is 1.72. The molecule has 2 atom stereocenters. The van der Waals surface area contributed by atoms with Gasteiger partial charge in [0.1, 0.15) is 5.75 Å². The highest BCUT2D eigenvalue weighted by molar-refractivity contribution is 9.09. The molecule has 15 heavy (non-hydrogen) atoms. The highest BCUT2D eigenvalue weighted by atomic mass is 79.9. The van der Waals surface area contributed by atoms with Crippen LogP contribution in [0.15, 0.2) is 24.3 Å². The molecule has 1 aromatic rings.